The SMILES string of the molecule is Cc1ccc(OCCCn2c(-c3cccc(N)c3)nc3ccccc32)cc1. The first-order chi connectivity index (χ1) is 13.2. The van der Waals surface area contributed by atoms with Crippen molar-refractivity contribution < 1.29 is 4.74 Å². The highest BCUT2D eigenvalue weighted by Crippen LogP contribution is 2.26. The molecule has 0 aliphatic heterocycles. The standard InChI is InChI=1S/C23H23N3O/c1-17-10-12-20(13-11-17)27-15-5-14-26-22-9-3-2-8-21(22)25-23(26)18-6-4-7-19(24)16-18/h2-4,6-13,16H,5,14-15,24H2,1H3. The van der Waals surface area contributed by atoms with E-state index in [9.17, 15) is 0 Å². The van der Waals surface area contributed by atoms with E-state index in [4.69, 9.17) is 15.5 Å². The molecule has 1 aromatic heterocycles. The summed E-state index contributed by atoms with van der Waals surface area (Å²) in [5.74, 6) is 1.85. The Morgan fingerprint density at radius 2 is 1.78 bits per heavy atom. The number of nitrogens with zero attached hydrogens (tertiary/aromatic N) is 2. The van der Waals surface area contributed by atoms with Crippen molar-refractivity contribution in [3.8, 4) is 17.1 Å². The summed E-state index contributed by atoms with van der Waals surface area (Å²) >= 11 is 0. The molecule has 0 saturated carbocycles. The maximum Gasteiger partial charge on any atom is 0.141 e. The van der Waals surface area contributed by atoms with E-state index >= 15 is 0 Å². The van der Waals surface area contributed by atoms with Crippen LogP contribution in [0.15, 0.2) is 72.8 Å². The molecule has 0 spiro atoms. The van der Waals surface area contributed by atoms with Crippen LogP contribution in [0.2, 0.25) is 0 Å². The zero-order valence-electron chi connectivity index (χ0n) is 15.4. The molecule has 0 bridgehead atoms. The predicted octanol–water partition coefficient (Wildman–Crippen LogP) is 5.06. The van der Waals surface area contributed by atoms with E-state index in [1.54, 1.807) is 0 Å². The van der Waals surface area contributed by atoms with Gasteiger partial charge in [0.15, 0.2) is 0 Å². The number of ether oxygens (including phenoxy) is 1. The number of para-hydroxylation sites is 2. The fraction of sp³-hybridized carbons (Fsp3) is 0.174. The van der Waals surface area contributed by atoms with Gasteiger partial charge in [0.1, 0.15) is 11.6 Å². The van der Waals surface area contributed by atoms with E-state index in [0.717, 1.165) is 46.8 Å². The smallest absolute Gasteiger partial charge is 0.141 e. The number of nitrogens with two attached hydrogens (primary N) is 1. The summed E-state index contributed by atoms with van der Waals surface area (Å²) in [6, 6.07) is 24.3. The summed E-state index contributed by atoms with van der Waals surface area (Å²) in [5.41, 5.74) is 11.1. The number of rotatable bonds is 6. The second kappa shape index (κ2) is 7.54. The molecule has 1 heterocycles. The Morgan fingerprint density at radius 1 is 0.963 bits per heavy atom. The second-order valence-corrected chi connectivity index (χ2v) is 6.72. The van der Waals surface area contributed by atoms with Gasteiger partial charge in [0, 0.05) is 17.8 Å². The minimum Gasteiger partial charge on any atom is -0.494 e. The molecular weight excluding hydrogens is 334 g/mol. The molecule has 4 rings (SSSR count). The first kappa shape index (κ1) is 17.2. The molecule has 0 amide bonds. The monoisotopic (exact) mass is 357 g/mol. The number of anilines is 1. The average Bonchev–Trinajstić information content (AvgIpc) is 3.05. The van der Waals surface area contributed by atoms with E-state index in [1.807, 2.05) is 48.5 Å². The van der Waals surface area contributed by atoms with Gasteiger partial charge < -0.3 is 15.0 Å². The molecule has 3 aromatic carbocycles. The van der Waals surface area contributed by atoms with E-state index in [0.29, 0.717) is 6.61 Å². The molecule has 4 nitrogen and oxygen atoms in total. The molecular formula is C23H23N3O. The number of aromatic nitrogens is 2. The molecule has 0 aliphatic rings. The largest absolute Gasteiger partial charge is 0.494 e. The van der Waals surface area contributed by atoms with Crippen molar-refractivity contribution in [3.63, 3.8) is 0 Å². The Balaban J connectivity index is 1.55. The maximum atomic E-state index is 5.98. The second-order valence-electron chi connectivity index (χ2n) is 6.72. The Kier molecular flexibility index (Phi) is 4.79. The molecule has 136 valence electrons. The molecule has 0 saturated heterocycles. The minimum atomic E-state index is 0.659. The first-order valence-electron chi connectivity index (χ1n) is 9.21. The quantitative estimate of drug-likeness (QED) is 0.387. The van der Waals surface area contributed by atoms with Gasteiger partial charge in [-0.3, -0.25) is 0 Å². The fourth-order valence-electron chi connectivity index (χ4n) is 3.25. The van der Waals surface area contributed by atoms with E-state index < -0.39 is 0 Å². The highest BCUT2D eigenvalue weighted by molar-refractivity contribution is 5.81. The lowest BCUT2D eigenvalue weighted by molar-refractivity contribution is 0.303. The van der Waals surface area contributed by atoms with Crippen LogP contribution < -0.4 is 10.5 Å². The molecule has 0 fully saturated rings. The van der Waals surface area contributed by atoms with E-state index in [1.165, 1.54) is 5.56 Å². The lowest BCUT2D eigenvalue weighted by Crippen LogP contribution is -2.06. The maximum absolute atomic E-state index is 5.98. The molecule has 0 atom stereocenters. The fourth-order valence-corrected chi connectivity index (χ4v) is 3.25. The highest BCUT2D eigenvalue weighted by atomic mass is 16.5. The van der Waals surface area contributed by atoms with Crippen LogP contribution in [0.4, 0.5) is 5.69 Å². The number of aryl methyl sites for hydroxylation is 2. The van der Waals surface area contributed by atoms with Gasteiger partial charge in [-0.25, -0.2) is 4.98 Å². The summed E-state index contributed by atoms with van der Waals surface area (Å²) in [6.45, 7) is 3.56. The van der Waals surface area contributed by atoms with Gasteiger partial charge in [-0.15, -0.1) is 0 Å². The minimum absolute atomic E-state index is 0.659. The van der Waals surface area contributed by atoms with Crippen molar-refractivity contribution in [2.75, 3.05) is 12.3 Å². The summed E-state index contributed by atoms with van der Waals surface area (Å²) in [6.07, 6.45) is 0.892. The lowest BCUT2D eigenvalue weighted by atomic mass is 10.2. The van der Waals surface area contributed by atoms with Crippen molar-refractivity contribution in [2.45, 2.75) is 19.9 Å². The van der Waals surface area contributed by atoms with Gasteiger partial charge in [0.2, 0.25) is 0 Å². The third-order valence-corrected chi connectivity index (χ3v) is 4.62. The molecule has 4 heteroatoms. The van der Waals surface area contributed by atoms with Crippen LogP contribution in [0.5, 0.6) is 5.75 Å². The van der Waals surface area contributed by atoms with Crippen LogP contribution in [-0.4, -0.2) is 16.2 Å². The van der Waals surface area contributed by atoms with Crippen LogP contribution >= 0.6 is 0 Å². The zero-order valence-corrected chi connectivity index (χ0v) is 15.4. The summed E-state index contributed by atoms with van der Waals surface area (Å²) in [5, 5.41) is 0. The van der Waals surface area contributed by atoms with Crippen LogP contribution in [0.25, 0.3) is 22.4 Å². The molecule has 0 unspecified atom stereocenters. The van der Waals surface area contributed by atoms with Gasteiger partial charge in [-0.1, -0.05) is 42.0 Å². The van der Waals surface area contributed by atoms with Crippen LogP contribution in [-0.2, 0) is 6.54 Å². The highest BCUT2D eigenvalue weighted by Gasteiger charge is 2.12. The first-order valence-corrected chi connectivity index (χ1v) is 9.21. The van der Waals surface area contributed by atoms with Crippen molar-refractivity contribution in [2.24, 2.45) is 0 Å². The van der Waals surface area contributed by atoms with Gasteiger partial charge in [-0.2, -0.15) is 0 Å². The van der Waals surface area contributed by atoms with Gasteiger partial charge in [0.05, 0.1) is 17.6 Å². The zero-order chi connectivity index (χ0) is 18.6. The van der Waals surface area contributed by atoms with Crippen molar-refractivity contribution >= 4 is 16.7 Å². The predicted molar refractivity (Wildman–Crippen MR) is 111 cm³/mol. The lowest BCUT2D eigenvalue weighted by Gasteiger charge is -2.11. The van der Waals surface area contributed by atoms with Gasteiger partial charge in [-0.05, 0) is 49.7 Å². The molecule has 2 N–H and O–H groups in total. The number of benzene rings is 3. The number of imidazole rings is 1. The molecule has 0 radical (unpaired) electrons. The van der Waals surface area contributed by atoms with Crippen LogP contribution in [0.3, 0.4) is 0 Å². The normalized spacial score (nSPS) is 11.0. The topological polar surface area (TPSA) is 53.1 Å². The summed E-state index contributed by atoms with van der Waals surface area (Å²) < 4.78 is 8.13. The van der Waals surface area contributed by atoms with E-state index in [-0.39, 0.29) is 0 Å². The third kappa shape index (κ3) is 3.80. The van der Waals surface area contributed by atoms with Gasteiger partial charge in [0.25, 0.3) is 0 Å². The Morgan fingerprint density at radius 3 is 2.59 bits per heavy atom. The Hall–Kier alpha value is -3.27. The summed E-state index contributed by atoms with van der Waals surface area (Å²) in [4.78, 5) is 4.84. The van der Waals surface area contributed by atoms with Crippen LogP contribution in [0.1, 0.15) is 12.0 Å². The Labute approximate surface area is 159 Å². The Bertz CT molecular complexity index is 1050. The number of hydrogen-bond donors (Lipinski definition) is 1. The van der Waals surface area contributed by atoms with Crippen LogP contribution in [0, 0.1) is 6.92 Å². The van der Waals surface area contributed by atoms with Crippen molar-refractivity contribution in [1.29, 1.82) is 0 Å². The third-order valence-electron chi connectivity index (χ3n) is 4.62. The summed E-state index contributed by atoms with van der Waals surface area (Å²) in [7, 11) is 0. The number of nitrogen functional groups attached to an aromatic ring is 1. The van der Waals surface area contributed by atoms with Gasteiger partial charge >= 0.3 is 0 Å². The number of fused-ring (bicyclic) bond motifs is 1. The van der Waals surface area contributed by atoms with Crippen molar-refractivity contribution in [1.82, 2.24) is 9.55 Å². The molecule has 27 heavy (non-hydrogen) atoms. The molecule has 0 aliphatic carbocycles. The number of hydrogen-bond acceptors (Lipinski definition) is 3. The average molecular weight is 357 g/mol. The van der Waals surface area contributed by atoms with Crippen molar-refractivity contribution in [3.05, 3.63) is 78.4 Å². The molecule has 4 aromatic rings. The van der Waals surface area contributed by atoms with E-state index in [2.05, 4.69) is 35.8 Å².